The highest BCUT2D eigenvalue weighted by Gasteiger charge is 2.37. The van der Waals surface area contributed by atoms with E-state index in [9.17, 15) is 14.7 Å². The lowest BCUT2D eigenvalue weighted by molar-refractivity contribution is 0.0621. The Kier molecular flexibility index (Phi) is 5.33. The largest absolute Gasteiger partial charge is 0.508 e. The number of fused-ring (bicyclic) bond motifs is 1. The maximum atomic E-state index is 13.0. The van der Waals surface area contributed by atoms with Crippen LogP contribution in [0.2, 0.25) is 0 Å². The van der Waals surface area contributed by atoms with Gasteiger partial charge in [-0.05, 0) is 43.5 Å². The highest BCUT2D eigenvalue weighted by Crippen LogP contribution is 2.29. The van der Waals surface area contributed by atoms with Gasteiger partial charge in [-0.3, -0.25) is 9.59 Å². The molecule has 0 saturated carbocycles. The van der Waals surface area contributed by atoms with Gasteiger partial charge < -0.3 is 26.0 Å². The molecule has 2 aromatic heterocycles. The number of carbonyl (C=O) groups is 2. The Balaban J connectivity index is 1.50. The second-order valence-electron chi connectivity index (χ2n) is 7.75. The number of H-pyrrole nitrogens is 1. The smallest absolute Gasteiger partial charge is 0.271 e. The Morgan fingerprint density at radius 3 is 2.81 bits per heavy atom. The summed E-state index contributed by atoms with van der Waals surface area (Å²) in [5, 5.41) is 13.5. The number of nitrogens with zero attached hydrogens (tertiary/aromatic N) is 3. The van der Waals surface area contributed by atoms with Crippen LogP contribution in [0.3, 0.4) is 0 Å². The number of hydrogen-bond acceptors (Lipinski definition) is 6. The third-order valence-corrected chi connectivity index (χ3v) is 5.76. The molecule has 0 spiro atoms. The maximum absolute atomic E-state index is 13.0. The van der Waals surface area contributed by atoms with Crippen molar-refractivity contribution in [3.8, 4) is 5.75 Å². The minimum absolute atomic E-state index is 0.0104. The van der Waals surface area contributed by atoms with Crippen LogP contribution in [0.25, 0.3) is 11.0 Å². The third-order valence-electron chi connectivity index (χ3n) is 5.76. The lowest BCUT2D eigenvalue weighted by Crippen LogP contribution is -2.56. The molecular weight excluding hydrogens is 396 g/mol. The van der Waals surface area contributed by atoms with E-state index in [1.165, 1.54) is 24.5 Å². The van der Waals surface area contributed by atoms with Gasteiger partial charge in [0.25, 0.3) is 11.8 Å². The van der Waals surface area contributed by atoms with E-state index in [0.29, 0.717) is 54.8 Å². The van der Waals surface area contributed by atoms with Gasteiger partial charge in [-0.2, -0.15) is 0 Å². The van der Waals surface area contributed by atoms with E-state index in [-0.39, 0.29) is 23.1 Å². The molecule has 2 amide bonds. The predicted molar refractivity (Wildman–Crippen MR) is 117 cm³/mol. The van der Waals surface area contributed by atoms with Crippen molar-refractivity contribution >= 4 is 28.5 Å². The quantitative estimate of drug-likeness (QED) is 0.284. The van der Waals surface area contributed by atoms with E-state index in [2.05, 4.69) is 26.8 Å². The number of carbonyl (C=O) groups excluding carboxylic acids is 2. The van der Waals surface area contributed by atoms with Crippen LogP contribution in [-0.4, -0.2) is 55.4 Å². The highest BCUT2D eigenvalue weighted by molar-refractivity contribution is 6.04. The first-order valence-corrected chi connectivity index (χ1v) is 10.0. The second-order valence-corrected chi connectivity index (χ2v) is 7.75. The fourth-order valence-corrected chi connectivity index (χ4v) is 4.05. The number of hydrogen-bond donors (Lipinski definition) is 4. The number of aromatic nitrogens is 3. The second kappa shape index (κ2) is 8.10. The molecule has 1 aliphatic rings. The molecule has 3 heterocycles. The number of phenols is 1. The molecule has 5 N–H and O–H groups in total. The minimum atomic E-state index is -0.534. The summed E-state index contributed by atoms with van der Waals surface area (Å²) in [6.45, 7) is 4.71. The number of rotatable bonds is 5. The Bertz CT molecular complexity index is 1150. The molecule has 1 saturated heterocycles. The van der Waals surface area contributed by atoms with Gasteiger partial charge in [-0.15, -0.1) is 6.58 Å². The van der Waals surface area contributed by atoms with Gasteiger partial charge in [0.2, 0.25) is 0 Å². The number of nitrogens with one attached hydrogen (secondary N) is 2. The van der Waals surface area contributed by atoms with Crippen LogP contribution in [0.4, 0.5) is 5.69 Å². The normalized spacial score (nSPS) is 15.5. The van der Waals surface area contributed by atoms with Crippen molar-refractivity contribution in [3.63, 3.8) is 0 Å². The SMILES string of the molecule is C=CCC1(NC(=O)c2ncnc3[nH]ccc23)CCN(C(=O)c2cc(O)ccc2N)CC1. The Labute approximate surface area is 179 Å². The number of benzene rings is 1. The molecule has 0 bridgehead atoms. The molecular formula is C22H24N6O3. The third kappa shape index (κ3) is 3.94. The van der Waals surface area contributed by atoms with Crippen molar-refractivity contribution in [3.05, 3.63) is 60.7 Å². The van der Waals surface area contributed by atoms with Crippen molar-refractivity contribution in [1.29, 1.82) is 0 Å². The summed E-state index contributed by atoms with van der Waals surface area (Å²) < 4.78 is 0. The lowest BCUT2D eigenvalue weighted by Gasteiger charge is -2.42. The van der Waals surface area contributed by atoms with Crippen molar-refractivity contribution in [1.82, 2.24) is 25.2 Å². The zero-order valence-electron chi connectivity index (χ0n) is 17.0. The first kappa shape index (κ1) is 20.4. The van der Waals surface area contributed by atoms with E-state index < -0.39 is 5.54 Å². The van der Waals surface area contributed by atoms with Gasteiger partial charge in [0.1, 0.15) is 23.4 Å². The van der Waals surface area contributed by atoms with Crippen LogP contribution < -0.4 is 11.1 Å². The maximum Gasteiger partial charge on any atom is 0.271 e. The van der Waals surface area contributed by atoms with E-state index in [1.54, 1.807) is 23.2 Å². The van der Waals surface area contributed by atoms with Crippen LogP contribution in [-0.2, 0) is 0 Å². The molecule has 0 radical (unpaired) electrons. The molecule has 1 aliphatic heterocycles. The van der Waals surface area contributed by atoms with Gasteiger partial charge in [0, 0.05) is 30.5 Å². The molecule has 0 unspecified atom stereocenters. The number of nitrogen functional groups attached to an aromatic ring is 1. The summed E-state index contributed by atoms with van der Waals surface area (Å²) in [7, 11) is 0. The summed E-state index contributed by atoms with van der Waals surface area (Å²) in [6.07, 6.45) is 6.52. The van der Waals surface area contributed by atoms with Crippen molar-refractivity contribution < 1.29 is 14.7 Å². The van der Waals surface area contributed by atoms with Crippen LogP contribution in [0.5, 0.6) is 5.75 Å². The molecule has 4 rings (SSSR count). The van der Waals surface area contributed by atoms with E-state index in [4.69, 9.17) is 5.73 Å². The number of aromatic amines is 1. The predicted octanol–water partition coefficient (Wildman–Crippen LogP) is 2.23. The summed E-state index contributed by atoms with van der Waals surface area (Å²) >= 11 is 0. The minimum Gasteiger partial charge on any atom is -0.508 e. The first-order chi connectivity index (χ1) is 14.9. The average Bonchev–Trinajstić information content (AvgIpc) is 3.24. The zero-order valence-corrected chi connectivity index (χ0v) is 17.0. The average molecular weight is 420 g/mol. The molecule has 9 nitrogen and oxygen atoms in total. The number of amides is 2. The van der Waals surface area contributed by atoms with E-state index in [1.807, 2.05) is 0 Å². The van der Waals surface area contributed by atoms with Crippen molar-refractivity contribution in [2.75, 3.05) is 18.8 Å². The lowest BCUT2D eigenvalue weighted by atomic mass is 9.83. The summed E-state index contributed by atoms with van der Waals surface area (Å²) in [4.78, 5) is 38.9. The first-order valence-electron chi connectivity index (χ1n) is 10.0. The molecule has 1 aromatic carbocycles. The topological polar surface area (TPSA) is 137 Å². The Morgan fingerprint density at radius 2 is 2.06 bits per heavy atom. The van der Waals surface area contributed by atoms with Gasteiger partial charge >= 0.3 is 0 Å². The fourth-order valence-electron chi connectivity index (χ4n) is 4.05. The summed E-state index contributed by atoms with van der Waals surface area (Å²) in [5.41, 5.74) is 6.88. The number of anilines is 1. The van der Waals surface area contributed by atoms with Crippen LogP contribution in [0.1, 0.15) is 40.1 Å². The molecule has 0 aliphatic carbocycles. The number of piperidine rings is 1. The number of phenolic OH excluding ortho intramolecular Hbond substituents is 1. The van der Waals surface area contributed by atoms with Gasteiger partial charge in [0.15, 0.2) is 0 Å². The number of likely N-dealkylation sites (tertiary alicyclic amines) is 1. The van der Waals surface area contributed by atoms with Gasteiger partial charge in [0.05, 0.1) is 10.9 Å². The van der Waals surface area contributed by atoms with Gasteiger partial charge in [-0.25, -0.2) is 9.97 Å². The summed E-state index contributed by atoms with van der Waals surface area (Å²) in [6, 6.07) is 6.10. The Morgan fingerprint density at radius 1 is 1.29 bits per heavy atom. The molecule has 1 fully saturated rings. The summed E-state index contributed by atoms with van der Waals surface area (Å²) in [5.74, 6) is -0.536. The van der Waals surface area contributed by atoms with E-state index in [0.717, 1.165) is 0 Å². The molecule has 9 heteroatoms. The van der Waals surface area contributed by atoms with Crippen LogP contribution in [0, 0.1) is 0 Å². The van der Waals surface area contributed by atoms with Gasteiger partial charge in [-0.1, -0.05) is 6.08 Å². The van der Waals surface area contributed by atoms with Crippen LogP contribution >= 0.6 is 0 Å². The number of nitrogens with two attached hydrogens (primary N) is 1. The van der Waals surface area contributed by atoms with Crippen molar-refractivity contribution in [2.45, 2.75) is 24.8 Å². The van der Waals surface area contributed by atoms with Crippen LogP contribution in [0.15, 0.2) is 49.4 Å². The highest BCUT2D eigenvalue weighted by atomic mass is 16.3. The van der Waals surface area contributed by atoms with Crippen molar-refractivity contribution in [2.24, 2.45) is 0 Å². The number of aromatic hydroxyl groups is 1. The van der Waals surface area contributed by atoms with E-state index >= 15 is 0 Å². The Hall–Kier alpha value is -3.88. The molecule has 3 aromatic rings. The standard InChI is InChI=1S/C22H24N6O3/c1-2-6-22(27-20(30)18-15-5-9-24-19(15)26-13-25-18)7-10-28(11-8-22)21(31)16-12-14(29)3-4-17(16)23/h2-5,9,12-13,29H,1,6-8,10-11,23H2,(H,27,30)(H,24,25,26). The monoisotopic (exact) mass is 420 g/mol. The molecule has 31 heavy (non-hydrogen) atoms. The molecule has 0 atom stereocenters. The molecule has 160 valence electrons. The zero-order chi connectivity index (χ0) is 22.0. The fraction of sp³-hybridized carbons (Fsp3) is 0.273.